The number of carbonyl (C=O) groups is 2. The third-order valence-corrected chi connectivity index (χ3v) is 5.22. The quantitative estimate of drug-likeness (QED) is 0.640. The Hall–Kier alpha value is -1.55. The van der Waals surface area contributed by atoms with Gasteiger partial charge in [-0.05, 0) is 37.5 Å². The van der Waals surface area contributed by atoms with Crippen LogP contribution < -0.4 is 0 Å². The van der Waals surface area contributed by atoms with Gasteiger partial charge >= 0.3 is 5.97 Å². The van der Waals surface area contributed by atoms with Crippen molar-refractivity contribution in [1.82, 2.24) is 4.90 Å². The smallest absolute Gasteiger partial charge is 0.307 e. The average molecular weight is 380 g/mol. The van der Waals surface area contributed by atoms with Gasteiger partial charge in [0, 0.05) is 17.6 Å². The monoisotopic (exact) mass is 379 g/mol. The molecule has 1 aliphatic carbocycles. The summed E-state index contributed by atoms with van der Waals surface area (Å²) in [4.78, 5) is 26.7. The summed E-state index contributed by atoms with van der Waals surface area (Å²) >= 11 is 5.93. The normalized spacial score (nSPS) is 15.8. The van der Waals surface area contributed by atoms with Crippen molar-refractivity contribution in [1.29, 1.82) is 0 Å². The maximum Gasteiger partial charge on any atom is 0.307 e. The van der Waals surface area contributed by atoms with Crippen LogP contribution in [0.5, 0.6) is 0 Å². The molecule has 2 rings (SSSR count). The molecule has 0 aliphatic heterocycles. The van der Waals surface area contributed by atoms with Gasteiger partial charge in [0.25, 0.3) is 0 Å². The number of rotatable bonds is 7. The molecular formula is C21H30ClNO3. The Bertz CT molecular complexity index is 565. The van der Waals surface area contributed by atoms with Crippen molar-refractivity contribution in [2.45, 2.75) is 70.8 Å². The van der Waals surface area contributed by atoms with Crippen LogP contribution in [0.1, 0.15) is 63.9 Å². The molecule has 1 saturated carbocycles. The second kappa shape index (κ2) is 11.2. The number of hydrogen-bond donors (Lipinski definition) is 0. The van der Waals surface area contributed by atoms with E-state index in [1.807, 2.05) is 29.2 Å². The van der Waals surface area contributed by atoms with E-state index in [2.05, 4.69) is 0 Å². The molecule has 0 unspecified atom stereocenters. The van der Waals surface area contributed by atoms with Crippen molar-refractivity contribution in [2.75, 3.05) is 13.2 Å². The lowest BCUT2D eigenvalue weighted by atomic mass is 9.95. The van der Waals surface area contributed by atoms with Crippen LogP contribution in [0.3, 0.4) is 0 Å². The Morgan fingerprint density at radius 2 is 1.69 bits per heavy atom. The summed E-state index contributed by atoms with van der Waals surface area (Å²) in [5.74, 6) is -0.148. The topological polar surface area (TPSA) is 46.6 Å². The van der Waals surface area contributed by atoms with Gasteiger partial charge in [0.15, 0.2) is 0 Å². The van der Waals surface area contributed by atoms with Crippen LogP contribution in [-0.4, -0.2) is 36.0 Å². The summed E-state index contributed by atoms with van der Waals surface area (Å²) in [5, 5.41) is 0.667. The van der Waals surface area contributed by atoms with Gasteiger partial charge in [-0.2, -0.15) is 0 Å². The first-order valence-corrected chi connectivity index (χ1v) is 10.2. The fraction of sp³-hybridized carbons (Fsp3) is 0.619. The molecule has 0 bridgehead atoms. The molecule has 4 nitrogen and oxygen atoms in total. The number of nitrogens with zero attached hydrogens (tertiary/aromatic N) is 1. The molecule has 0 atom stereocenters. The van der Waals surface area contributed by atoms with Crippen LogP contribution >= 0.6 is 11.6 Å². The number of esters is 1. The molecule has 26 heavy (non-hydrogen) atoms. The van der Waals surface area contributed by atoms with Crippen molar-refractivity contribution in [3.05, 3.63) is 34.9 Å². The second-order valence-electron chi connectivity index (χ2n) is 6.94. The Labute approximate surface area is 161 Å². The molecule has 0 radical (unpaired) electrons. The molecule has 144 valence electrons. The van der Waals surface area contributed by atoms with Gasteiger partial charge in [-0.3, -0.25) is 9.59 Å². The SMILES string of the molecule is CCOC(=O)CCN(C(=O)Cc1ccc(Cl)cc1)C1CCCCCCC1. The predicted molar refractivity (Wildman–Crippen MR) is 104 cm³/mol. The highest BCUT2D eigenvalue weighted by Gasteiger charge is 2.25. The van der Waals surface area contributed by atoms with Gasteiger partial charge in [0.1, 0.15) is 0 Å². The number of amides is 1. The van der Waals surface area contributed by atoms with E-state index in [9.17, 15) is 9.59 Å². The van der Waals surface area contributed by atoms with Crippen molar-refractivity contribution >= 4 is 23.5 Å². The van der Waals surface area contributed by atoms with E-state index in [0.29, 0.717) is 24.6 Å². The van der Waals surface area contributed by atoms with Crippen molar-refractivity contribution in [2.24, 2.45) is 0 Å². The van der Waals surface area contributed by atoms with Crippen molar-refractivity contribution in [3.63, 3.8) is 0 Å². The minimum absolute atomic E-state index is 0.0854. The lowest BCUT2D eigenvalue weighted by molar-refractivity contribution is -0.144. The Balaban J connectivity index is 2.05. The molecule has 1 aromatic carbocycles. The summed E-state index contributed by atoms with van der Waals surface area (Å²) < 4.78 is 5.04. The molecule has 0 spiro atoms. The molecule has 0 N–H and O–H groups in total. The largest absolute Gasteiger partial charge is 0.466 e. The third-order valence-electron chi connectivity index (χ3n) is 4.97. The third kappa shape index (κ3) is 6.99. The second-order valence-corrected chi connectivity index (χ2v) is 7.38. The molecule has 1 aliphatic rings. The highest BCUT2D eigenvalue weighted by molar-refractivity contribution is 6.30. The predicted octanol–water partition coefficient (Wildman–Crippen LogP) is 4.78. The van der Waals surface area contributed by atoms with Crippen LogP contribution in [0.25, 0.3) is 0 Å². The van der Waals surface area contributed by atoms with E-state index in [4.69, 9.17) is 16.3 Å². The summed E-state index contributed by atoms with van der Waals surface area (Å²) in [7, 11) is 0. The number of ether oxygens (including phenoxy) is 1. The zero-order chi connectivity index (χ0) is 18.8. The van der Waals surface area contributed by atoms with E-state index < -0.39 is 0 Å². The average Bonchev–Trinajstić information content (AvgIpc) is 2.58. The lowest BCUT2D eigenvalue weighted by Crippen LogP contribution is -2.43. The Morgan fingerprint density at radius 1 is 1.08 bits per heavy atom. The molecule has 1 aromatic rings. The summed E-state index contributed by atoms with van der Waals surface area (Å²) in [5.41, 5.74) is 0.950. The Morgan fingerprint density at radius 3 is 2.31 bits per heavy atom. The van der Waals surface area contributed by atoms with Gasteiger partial charge in [-0.15, -0.1) is 0 Å². The van der Waals surface area contributed by atoms with Crippen molar-refractivity contribution in [3.8, 4) is 0 Å². The fourth-order valence-corrected chi connectivity index (χ4v) is 3.71. The molecule has 0 aromatic heterocycles. The van der Waals surface area contributed by atoms with E-state index in [1.165, 1.54) is 19.3 Å². The molecular weight excluding hydrogens is 350 g/mol. The zero-order valence-electron chi connectivity index (χ0n) is 15.7. The standard InChI is InChI=1S/C21H30ClNO3/c1-2-26-21(25)14-15-23(19-8-6-4-3-5-7-9-19)20(24)16-17-10-12-18(22)13-11-17/h10-13,19H,2-9,14-16H2,1H3. The lowest BCUT2D eigenvalue weighted by Gasteiger charge is -2.33. The fourth-order valence-electron chi connectivity index (χ4n) is 3.58. The van der Waals surface area contributed by atoms with Crippen LogP contribution in [0.15, 0.2) is 24.3 Å². The minimum Gasteiger partial charge on any atom is -0.466 e. The Kier molecular flexibility index (Phi) is 8.96. The molecule has 5 heteroatoms. The van der Waals surface area contributed by atoms with Crippen LogP contribution in [-0.2, 0) is 20.7 Å². The highest BCUT2D eigenvalue weighted by atomic mass is 35.5. The highest BCUT2D eigenvalue weighted by Crippen LogP contribution is 2.23. The maximum atomic E-state index is 13.0. The van der Waals surface area contributed by atoms with E-state index in [-0.39, 0.29) is 24.3 Å². The van der Waals surface area contributed by atoms with Gasteiger partial charge in [0.2, 0.25) is 5.91 Å². The van der Waals surface area contributed by atoms with Gasteiger partial charge < -0.3 is 9.64 Å². The maximum absolute atomic E-state index is 13.0. The summed E-state index contributed by atoms with van der Waals surface area (Å²) in [6.07, 6.45) is 8.69. The summed E-state index contributed by atoms with van der Waals surface area (Å²) in [6, 6.07) is 7.62. The van der Waals surface area contributed by atoms with Gasteiger partial charge in [0.05, 0.1) is 19.4 Å². The molecule has 1 amide bonds. The first-order valence-electron chi connectivity index (χ1n) is 9.79. The van der Waals surface area contributed by atoms with Crippen molar-refractivity contribution < 1.29 is 14.3 Å². The van der Waals surface area contributed by atoms with Crippen LogP contribution in [0.4, 0.5) is 0 Å². The van der Waals surface area contributed by atoms with E-state index >= 15 is 0 Å². The van der Waals surface area contributed by atoms with E-state index in [0.717, 1.165) is 31.2 Å². The van der Waals surface area contributed by atoms with E-state index in [1.54, 1.807) is 6.92 Å². The first kappa shape index (κ1) is 20.8. The molecule has 1 fully saturated rings. The first-order chi connectivity index (χ1) is 12.6. The number of carbonyl (C=O) groups excluding carboxylic acids is 2. The molecule has 0 heterocycles. The zero-order valence-corrected chi connectivity index (χ0v) is 16.5. The minimum atomic E-state index is -0.234. The van der Waals surface area contributed by atoms with Gasteiger partial charge in [-0.1, -0.05) is 55.8 Å². The van der Waals surface area contributed by atoms with Crippen LogP contribution in [0.2, 0.25) is 5.02 Å². The number of halogens is 1. The van der Waals surface area contributed by atoms with Crippen LogP contribution in [0, 0.1) is 0 Å². The number of hydrogen-bond acceptors (Lipinski definition) is 3. The number of benzene rings is 1. The summed E-state index contributed by atoms with van der Waals surface area (Å²) in [6.45, 7) is 2.62. The van der Waals surface area contributed by atoms with Gasteiger partial charge in [-0.25, -0.2) is 0 Å². The molecule has 0 saturated heterocycles.